The number of hydrogen-bond acceptors (Lipinski definition) is 2. The molecule has 2 N–H and O–H groups in total. The van der Waals surface area contributed by atoms with Gasteiger partial charge in [-0.05, 0) is 35.7 Å². The Hall–Kier alpha value is -1.35. The Bertz CT molecular complexity index is 497. The molecular formula is C17H23NO2. The minimum atomic E-state index is -0.638. The smallest absolute Gasteiger partial charge is 0.308 e. The van der Waals surface area contributed by atoms with Crippen molar-refractivity contribution >= 4 is 5.97 Å². The fourth-order valence-electron chi connectivity index (χ4n) is 4.17. The summed E-state index contributed by atoms with van der Waals surface area (Å²) in [5.41, 5.74) is 1.51. The molecule has 3 saturated carbocycles. The number of benzene rings is 1. The Balaban J connectivity index is 1.72. The number of fused-ring (bicyclic) bond motifs is 2. The highest BCUT2D eigenvalue weighted by Gasteiger charge is 2.59. The van der Waals surface area contributed by atoms with Crippen molar-refractivity contribution in [3.8, 4) is 0 Å². The third-order valence-electron chi connectivity index (χ3n) is 5.65. The summed E-state index contributed by atoms with van der Waals surface area (Å²) in [4.78, 5) is 11.5. The normalized spacial score (nSPS) is 34.3. The average molecular weight is 273 g/mol. The Kier molecular flexibility index (Phi) is 3.33. The molecule has 1 aromatic rings. The Morgan fingerprint density at radius 3 is 2.60 bits per heavy atom. The van der Waals surface area contributed by atoms with Gasteiger partial charge in [0.25, 0.3) is 0 Å². The van der Waals surface area contributed by atoms with E-state index in [0.717, 1.165) is 13.0 Å². The molecule has 4 rings (SSSR count). The molecule has 3 aliphatic carbocycles. The molecule has 0 radical (unpaired) electrons. The molecule has 0 saturated heterocycles. The van der Waals surface area contributed by atoms with Crippen LogP contribution in [-0.4, -0.2) is 17.1 Å². The van der Waals surface area contributed by atoms with Gasteiger partial charge in [-0.15, -0.1) is 0 Å². The molecule has 0 amide bonds. The predicted octanol–water partition coefficient (Wildman–Crippen LogP) is 2.91. The van der Waals surface area contributed by atoms with E-state index in [1.165, 1.54) is 12.0 Å². The Morgan fingerprint density at radius 1 is 1.30 bits per heavy atom. The van der Waals surface area contributed by atoms with Crippen LogP contribution in [0.25, 0.3) is 0 Å². The molecule has 108 valence electrons. The van der Waals surface area contributed by atoms with Crippen LogP contribution in [0.2, 0.25) is 0 Å². The van der Waals surface area contributed by atoms with E-state index < -0.39 is 5.97 Å². The van der Waals surface area contributed by atoms with Gasteiger partial charge >= 0.3 is 5.97 Å². The summed E-state index contributed by atoms with van der Waals surface area (Å²) < 4.78 is 0. The number of carboxylic acid groups (broad SMARTS) is 1. The van der Waals surface area contributed by atoms with Gasteiger partial charge in [0.2, 0.25) is 0 Å². The van der Waals surface area contributed by atoms with Gasteiger partial charge in [0.05, 0.1) is 5.92 Å². The molecule has 0 unspecified atom stereocenters. The second-order valence-corrected chi connectivity index (χ2v) is 6.93. The van der Waals surface area contributed by atoms with E-state index in [1.54, 1.807) is 0 Å². The summed E-state index contributed by atoms with van der Waals surface area (Å²) in [5, 5.41) is 13.0. The van der Waals surface area contributed by atoms with Crippen LogP contribution in [0.4, 0.5) is 0 Å². The Labute approximate surface area is 120 Å². The summed E-state index contributed by atoms with van der Waals surface area (Å²) >= 11 is 0. The molecule has 3 nitrogen and oxygen atoms in total. The van der Waals surface area contributed by atoms with Crippen LogP contribution < -0.4 is 5.32 Å². The van der Waals surface area contributed by atoms with E-state index in [9.17, 15) is 9.90 Å². The monoisotopic (exact) mass is 273 g/mol. The van der Waals surface area contributed by atoms with Crippen molar-refractivity contribution in [3.63, 3.8) is 0 Å². The molecule has 20 heavy (non-hydrogen) atoms. The molecule has 3 heteroatoms. The zero-order valence-corrected chi connectivity index (χ0v) is 12.2. The number of aliphatic carboxylic acids is 1. The fourth-order valence-corrected chi connectivity index (χ4v) is 4.17. The maximum Gasteiger partial charge on any atom is 0.308 e. The molecular weight excluding hydrogens is 250 g/mol. The molecule has 2 bridgehead atoms. The lowest BCUT2D eigenvalue weighted by atomic mass is 9.45. The van der Waals surface area contributed by atoms with Crippen molar-refractivity contribution in [2.75, 3.05) is 0 Å². The average Bonchev–Trinajstić information content (AvgIpc) is 2.45. The number of carboxylic acids is 1. The maximum atomic E-state index is 11.5. The summed E-state index contributed by atoms with van der Waals surface area (Å²) in [7, 11) is 0. The van der Waals surface area contributed by atoms with Crippen molar-refractivity contribution < 1.29 is 9.90 Å². The van der Waals surface area contributed by atoms with E-state index in [0.29, 0.717) is 17.3 Å². The zero-order chi connectivity index (χ0) is 14.3. The van der Waals surface area contributed by atoms with E-state index in [4.69, 9.17) is 0 Å². The van der Waals surface area contributed by atoms with Gasteiger partial charge in [0.1, 0.15) is 0 Å². The van der Waals surface area contributed by atoms with Crippen LogP contribution in [0, 0.1) is 23.2 Å². The predicted molar refractivity (Wildman–Crippen MR) is 78.2 cm³/mol. The highest BCUT2D eigenvalue weighted by molar-refractivity contribution is 5.71. The van der Waals surface area contributed by atoms with Gasteiger partial charge in [0, 0.05) is 12.6 Å². The first-order chi connectivity index (χ1) is 9.50. The lowest BCUT2D eigenvalue weighted by molar-refractivity contribution is -0.162. The van der Waals surface area contributed by atoms with Gasteiger partial charge in [-0.3, -0.25) is 4.79 Å². The second-order valence-electron chi connectivity index (χ2n) is 6.93. The Morgan fingerprint density at radius 2 is 2.00 bits per heavy atom. The lowest BCUT2D eigenvalue weighted by Crippen LogP contribution is -2.63. The van der Waals surface area contributed by atoms with Crippen LogP contribution >= 0.6 is 0 Å². The standard InChI is InChI=1S/C17H23NO2/c1-17(2)12-8-13(16(19)20)15(14(17)9-12)18-10-11-6-4-3-5-7-11/h3-7,12-15,18H,8-10H2,1-2H3,(H,19,20)/t12-,13+,14-,15-/m0/s1. The number of hydrogen-bond donors (Lipinski definition) is 2. The number of rotatable bonds is 4. The first kappa shape index (κ1) is 13.6. The van der Waals surface area contributed by atoms with Crippen molar-refractivity contribution in [2.45, 2.75) is 39.3 Å². The van der Waals surface area contributed by atoms with Crippen molar-refractivity contribution in [3.05, 3.63) is 35.9 Å². The first-order valence-corrected chi connectivity index (χ1v) is 7.50. The van der Waals surface area contributed by atoms with Crippen molar-refractivity contribution in [2.24, 2.45) is 23.2 Å². The maximum absolute atomic E-state index is 11.5. The van der Waals surface area contributed by atoms with Gasteiger partial charge in [0.15, 0.2) is 0 Å². The number of nitrogens with one attached hydrogen (secondary N) is 1. The van der Waals surface area contributed by atoms with Crippen LogP contribution in [-0.2, 0) is 11.3 Å². The third kappa shape index (κ3) is 2.14. The fraction of sp³-hybridized carbons (Fsp3) is 0.588. The summed E-state index contributed by atoms with van der Waals surface area (Å²) in [5.74, 6) is 0.214. The third-order valence-corrected chi connectivity index (χ3v) is 5.65. The van der Waals surface area contributed by atoms with Gasteiger partial charge in [-0.2, -0.15) is 0 Å². The quantitative estimate of drug-likeness (QED) is 0.887. The highest BCUT2D eigenvalue weighted by Crippen LogP contribution is 2.60. The highest BCUT2D eigenvalue weighted by atomic mass is 16.4. The van der Waals surface area contributed by atoms with Crippen LogP contribution in [0.3, 0.4) is 0 Å². The van der Waals surface area contributed by atoms with Crippen LogP contribution in [0.1, 0.15) is 32.3 Å². The summed E-state index contributed by atoms with van der Waals surface area (Å²) in [6, 6.07) is 10.3. The van der Waals surface area contributed by atoms with Gasteiger partial charge in [-0.25, -0.2) is 0 Å². The van der Waals surface area contributed by atoms with E-state index in [1.807, 2.05) is 18.2 Å². The summed E-state index contributed by atoms with van der Waals surface area (Å²) in [6.45, 7) is 5.34. The van der Waals surface area contributed by atoms with Crippen LogP contribution in [0.15, 0.2) is 30.3 Å². The molecule has 4 atom stereocenters. The number of carbonyl (C=O) groups is 1. The minimum absolute atomic E-state index is 0.104. The summed E-state index contributed by atoms with van der Waals surface area (Å²) in [6.07, 6.45) is 2.01. The molecule has 0 spiro atoms. The lowest BCUT2D eigenvalue weighted by Gasteiger charge is -2.62. The molecule has 3 fully saturated rings. The first-order valence-electron chi connectivity index (χ1n) is 7.50. The van der Waals surface area contributed by atoms with Crippen molar-refractivity contribution in [1.29, 1.82) is 0 Å². The van der Waals surface area contributed by atoms with Crippen molar-refractivity contribution in [1.82, 2.24) is 5.32 Å². The van der Waals surface area contributed by atoms with Gasteiger partial charge in [-0.1, -0.05) is 44.2 Å². The molecule has 3 aliphatic rings. The van der Waals surface area contributed by atoms with E-state index in [2.05, 4.69) is 31.3 Å². The van der Waals surface area contributed by atoms with Crippen LogP contribution in [0.5, 0.6) is 0 Å². The molecule has 0 heterocycles. The molecule has 0 aliphatic heterocycles. The molecule has 1 aromatic carbocycles. The van der Waals surface area contributed by atoms with E-state index >= 15 is 0 Å². The minimum Gasteiger partial charge on any atom is -0.481 e. The topological polar surface area (TPSA) is 49.3 Å². The second kappa shape index (κ2) is 4.88. The zero-order valence-electron chi connectivity index (χ0n) is 12.2. The SMILES string of the molecule is CC1(C)[C@H]2C[C@@H](C(=O)O)[C@H](NCc3ccccc3)[C@@H]1C2. The largest absolute Gasteiger partial charge is 0.481 e. The van der Waals surface area contributed by atoms with E-state index in [-0.39, 0.29) is 12.0 Å². The van der Waals surface area contributed by atoms with Gasteiger partial charge < -0.3 is 10.4 Å². The molecule has 0 aromatic heterocycles.